The highest BCUT2D eigenvalue weighted by atomic mass is 16.3. The summed E-state index contributed by atoms with van der Waals surface area (Å²) < 4.78 is 5.60. The van der Waals surface area contributed by atoms with Crippen molar-refractivity contribution in [3.05, 3.63) is 78.3 Å². The third-order valence-electron chi connectivity index (χ3n) is 5.72. The van der Waals surface area contributed by atoms with Crippen molar-refractivity contribution in [3.63, 3.8) is 0 Å². The van der Waals surface area contributed by atoms with Crippen LogP contribution in [0.2, 0.25) is 0 Å². The molecule has 0 saturated heterocycles. The molecule has 2 heterocycles. The third-order valence-corrected chi connectivity index (χ3v) is 5.72. The Labute approximate surface area is 171 Å². The van der Waals surface area contributed by atoms with Gasteiger partial charge in [0.1, 0.15) is 5.58 Å². The molecule has 150 valence electrons. The van der Waals surface area contributed by atoms with Crippen LogP contribution in [0.4, 0.5) is 0 Å². The van der Waals surface area contributed by atoms with Gasteiger partial charge in [-0.1, -0.05) is 30.3 Å². The molecule has 0 spiro atoms. The second-order valence-corrected chi connectivity index (χ2v) is 8.15. The van der Waals surface area contributed by atoms with Crippen LogP contribution in [-0.4, -0.2) is 16.1 Å². The lowest BCUT2D eigenvalue weighted by Crippen LogP contribution is -2.27. The fraction of sp³-hybridized carbons (Fsp3) is 0.320. The van der Waals surface area contributed by atoms with Gasteiger partial charge >= 0.3 is 0 Å². The van der Waals surface area contributed by atoms with Crippen molar-refractivity contribution >= 4 is 21.7 Å². The fourth-order valence-electron chi connectivity index (χ4n) is 3.92. The van der Waals surface area contributed by atoms with Crippen molar-refractivity contribution in [2.45, 2.75) is 51.3 Å². The van der Waals surface area contributed by atoms with E-state index in [0.29, 0.717) is 12.5 Å². The summed E-state index contributed by atoms with van der Waals surface area (Å²) in [6.07, 6.45) is 8.06. The average Bonchev–Trinajstić information content (AvgIpc) is 3.17. The third kappa shape index (κ3) is 4.50. The molecule has 2 aromatic carbocycles. The van der Waals surface area contributed by atoms with Crippen LogP contribution in [0.5, 0.6) is 0 Å². The Hall–Kier alpha value is -2.69. The van der Waals surface area contributed by atoms with Gasteiger partial charge in [0.15, 0.2) is 0 Å². The van der Waals surface area contributed by atoms with Crippen LogP contribution in [0.15, 0.2) is 71.6 Å². The molecule has 2 N–H and O–H groups in total. The normalized spacial score (nSPS) is 14.9. The van der Waals surface area contributed by atoms with Crippen molar-refractivity contribution in [1.29, 1.82) is 0 Å². The number of hydrogen-bond acceptors (Lipinski definition) is 4. The lowest BCUT2D eigenvalue weighted by atomic mass is 9.89. The molecule has 0 amide bonds. The number of aromatic nitrogens is 1. The first kappa shape index (κ1) is 19.6. The van der Waals surface area contributed by atoms with Gasteiger partial charge in [-0.3, -0.25) is 4.98 Å². The van der Waals surface area contributed by atoms with Crippen LogP contribution >= 0.6 is 0 Å². The molecule has 4 rings (SSSR count). The molecule has 29 heavy (non-hydrogen) atoms. The fourth-order valence-corrected chi connectivity index (χ4v) is 3.92. The molecule has 1 unspecified atom stereocenters. The quantitative estimate of drug-likeness (QED) is 0.416. The predicted molar refractivity (Wildman–Crippen MR) is 118 cm³/mol. The molecule has 0 bridgehead atoms. The molecule has 4 heteroatoms. The van der Waals surface area contributed by atoms with E-state index >= 15 is 0 Å². The monoisotopic (exact) mass is 388 g/mol. The van der Waals surface area contributed by atoms with Gasteiger partial charge in [0.25, 0.3) is 0 Å². The van der Waals surface area contributed by atoms with Crippen LogP contribution in [0, 0.1) is 0 Å². The van der Waals surface area contributed by atoms with Crippen LogP contribution in [0.3, 0.4) is 0 Å². The van der Waals surface area contributed by atoms with E-state index < -0.39 is 5.60 Å². The second kappa shape index (κ2) is 8.36. The van der Waals surface area contributed by atoms with Gasteiger partial charge in [0.05, 0.1) is 11.9 Å². The van der Waals surface area contributed by atoms with Crippen LogP contribution < -0.4 is 5.32 Å². The van der Waals surface area contributed by atoms with E-state index in [1.807, 2.05) is 49.6 Å². The van der Waals surface area contributed by atoms with E-state index in [0.717, 1.165) is 35.9 Å². The van der Waals surface area contributed by atoms with Gasteiger partial charge in [-0.25, -0.2) is 0 Å². The van der Waals surface area contributed by atoms with Crippen molar-refractivity contribution in [1.82, 2.24) is 10.3 Å². The van der Waals surface area contributed by atoms with Gasteiger partial charge in [0, 0.05) is 41.3 Å². The van der Waals surface area contributed by atoms with Gasteiger partial charge in [0.2, 0.25) is 0 Å². The van der Waals surface area contributed by atoms with E-state index in [-0.39, 0.29) is 0 Å². The maximum Gasteiger partial charge on any atom is 0.134 e. The Balaban J connectivity index is 1.29. The van der Waals surface area contributed by atoms with E-state index in [2.05, 4.69) is 35.4 Å². The molecule has 0 aliphatic carbocycles. The zero-order valence-electron chi connectivity index (χ0n) is 17.1. The van der Waals surface area contributed by atoms with Crippen molar-refractivity contribution in [3.8, 4) is 0 Å². The number of aliphatic hydroxyl groups is 1. The van der Waals surface area contributed by atoms with Gasteiger partial charge in [-0.15, -0.1) is 0 Å². The number of hydrogen-bond donors (Lipinski definition) is 2. The second-order valence-electron chi connectivity index (χ2n) is 8.15. The average molecular weight is 389 g/mol. The Kier molecular flexibility index (Phi) is 5.65. The van der Waals surface area contributed by atoms with Gasteiger partial charge < -0.3 is 14.8 Å². The number of rotatable bonds is 8. The zero-order valence-corrected chi connectivity index (χ0v) is 17.1. The summed E-state index contributed by atoms with van der Waals surface area (Å²) in [5.74, 6) is 0. The smallest absolute Gasteiger partial charge is 0.134 e. The Morgan fingerprint density at radius 2 is 2.00 bits per heavy atom. The molecular formula is C25H28N2O2. The van der Waals surface area contributed by atoms with Crippen molar-refractivity contribution in [2.24, 2.45) is 0 Å². The minimum absolute atomic E-state index is 0.375. The van der Waals surface area contributed by atoms with E-state index in [4.69, 9.17) is 4.42 Å². The zero-order chi connectivity index (χ0) is 20.3. The van der Waals surface area contributed by atoms with Crippen LogP contribution in [-0.2, 0) is 12.1 Å². The van der Waals surface area contributed by atoms with Crippen LogP contribution in [0.25, 0.3) is 21.7 Å². The SMILES string of the molecule is C[C@H](CCCC(C)(O)c1coc2ccccc12)NCc1ccc2cnccc2c1. The van der Waals surface area contributed by atoms with Crippen molar-refractivity contribution < 1.29 is 9.52 Å². The van der Waals surface area contributed by atoms with Crippen LogP contribution in [0.1, 0.15) is 44.2 Å². The number of nitrogens with zero attached hydrogens (tertiary/aromatic N) is 1. The Bertz CT molecular complexity index is 1100. The Morgan fingerprint density at radius 3 is 2.90 bits per heavy atom. The lowest BCUT2D eigenvalue weighted by molar-refractivity contribution is 0.0450. The molecule has 4 aromatic rings. The highest BCUT2D eigenvalue weighted by Crippen LogP contribution is 2.34. The molecule has 0 aliphatic rings. The maximum absolute atomic E-state index is 11.0. The molecule has 0 saturated carbocycles. The summed E-state index contributed by atoms with van der Waals surface area (Å²) in [6, 6.07) is 16.8. The van der Waals surface area contributed by atoms with E-state index in [1.54, 1.807) is 6.26 Å². The standard InChI is InChI=1S/C25H28N2O2/c1-18(27-15-19-9-10-21-16-26-13-11-20(21)14-19)6-5-12-25(2,28)23-17-29-24-8-4-3-7-22(23)24/h3-4,7-11,13-14,16-18,27-28H,5-6,12,15H2,1-2H3/t18-,25?/m1/s1. The summed E-state index contributed by atoms with van der Waals surface area (Å²) in [6.45, 7) is 4.92. The Morgan fingerprint density at radius 1 is 1.14 bits per heavy atom. The highest BCUT2D eigenvalue weighted by molar-refractivity contribution is 5.82. The van der Waals surface area contributed by atoms with Crippen molar-refractivity contribution in [2.75, 3.05) is 0 Å². The van der Waals surface area contributed by atoms with Gasteiger partial charge in [-0.2, -0.15) is 0 Å². The van der Waals surface area contributed by atoms with E-state index in [9.17, 15) is 5.11 Å². The predicted octanol–water partition coefficient (Wildman–Crippen LogP) is 5.54. The number of benzene rings is 2. The molecule has 0 radical (unpaired) electrons. The minimum Gasteiger partial charge on any atom is -0.464 e. The highest BCUT2D eigenvalue weighted by Gasteiger charge is 2.27. The first-order valence-electron chi connectivity index (χ1n) is 10.3. The topological polar surface area (TPSA) is 58.3 Å². The van der Waals surface area contributed by atoms with Gasteiger partial charge in [-0.05, 0) is 62.3 Å². The molecule has 0 fully saturated rings. The summed E-state index contributed by atoms with van der Waals surface area (Å²) in [7, 11) is 0. The van der Waals surface area contributed by atoms with E-state index in [1.165, 1.54) is 16.3 Å². The first-order valence-corrected chi connectivity index (χ1v) is 10.3. The summed E-state index contributed by atoms with van der Waals surface area (Å²) in [5, 5.41) is 18.0. The molecular weight excluding hydrogens is 360 g/mol. The minimum atomic E-state index is -0.890. The lowest BCUT2D eigenvalue weighted by Gasteiger charge is -2.23. The summed E-state index contributed by atoms with van der Waals surface area (Å²) >= 11 is 0. The number of furan rings is 1. The molecule has 0 aliphatic heterocycles. The largest absolute Gasteiger partial charge is 0.464 e. The maximum atomic E-state index is 11.0. The molecule has 2 aromatic heterocycles. The summed E-state index contributed by atoms with van der Waals surface area (Å²) in [5.41, 5.74) is 2.08. The number of pyridine rings is 1. The molecule has 2 atom stereocenters. The first-order chi connectivity index (χ1) is 14.0. The summed E-state index contributed by atoms with van der Waals surface area (Å²) in [4.78, 5) is 4.16. The number of nitrogens with one attached hydrogen (secondary N) is 1. The number of fused-ring (bicyclic) bond motifs is 2. The number of para-hydroxylation sites is 1. The molecule has 4 nitrogen and oxygen atoms in total.